The van der Waals surface area contributed by atoms with Crippen LogP contribution in [0.5, 0.6) is 11.5 Å². The minimum Gasteiger partial charge on any atom is -0.429 e. The molecule has 0 N–H and O–H groups in total. The Bertz CT molecular complexity index is 1860. The van der Waals surface area contributed by atoms with E-state index in [1.54, 1.807) is 6.07 Å². The normalized spacial score (nSPS) is 11.9. The molecule has 0 aliphatic carbocycles. The maximum absolute atomic E-state index is 15.2. The summed E-state index contributed by atoms with van der Waals surface area (Å²) in [5.41, 5.74) is 1.40. The molecule has 0 spiro atoms. The van der Waals surface area contributed by atoms with E-state index in [2.05, 4.69) is 4.74 Å². The van der Waals surface area contributed by atoms with Crippen LogP contribution in [0.3, 0.4) is 0 Å². The molecule has 48 heavy (non-hydrogen) atoms. The number of alkyl halides is 5. The van der Waals surface area contributed by atoms with Gasteiger partial charge in [-0.25, -0.2) is 17.6 Å². The van der Waals surface area contributed by atoms with Crippen LogP contribution in [0.15, 0.2) is 97.1 Å². The number of hydrogen-bond acceptors (Lipinski definition) is 2. The second-order valence-electron chi connectivity index (χ2n) is 11.0. The molecule has 0 unspecified atom stereocenters. The van der Waals surface area contributed by atoms with Crippen LogP contribution in [0, 0.1) is 23.3 Å². The first-order valence-electron chi connectivity index (χ1n) is 14.9. The molecule has 0 saturated heterocycles. The van der Waals surface area contributed by atoms with Gasteiger partial charge in [0.15, 0.2) is 11.6 Å². The van der Waals surface area contributed by atoms with Crippen molar-refractivity contribution in [2.45, 2.75) is 45.1 Å². The van der Waals surface area contributed by atoms with E-state index in [0.717, 1.165) is 31.4 Å². The second-order valence-corrected chi connectivity index (χ2v) is 11.0. The molecule has 5 aromatic carbocycles. The molecule has 0 aliphatic rings. The first-order chi connectivity index (χ1) is 22.7. The van der Waals surface area contributed by atoms with Crippen LogP contribution in [0.1, 0.15) is 37.3 Å². The zero-order valence-corrected chi connectivity index (χ0v) is 25.3. The van der Waals surface area contributed by atoms with Crippen LogP contribution in [0.4, 0.5) is 39.5 Å². The summed E-state index contributed by atoms with van der Waals surface area (Å²) in [5.74, 6) is -6.58. The van der Waals surface area contributed by atoms with Crippen molar-refractivity contribution in [2.75, 3.05) is 0 Å². The molecule has 0 bridgehead atoms. The Labute approximate surface area is 270 Å². The van der Waals surface area contributed by atoms with Gasteiger partial charge in [0, 0.05) is 5.56 Å². The number of benzene rings is 5. The largest absolute Gasteiger partial charge is 0.573 e. The lowest BCUT2D eigenvalue weighted by atomic mass is 9.97. The van der Waals surface area contributed by atoms with Crippen LogP contribution >= 0.6 is 0 Å². The van der Waals surface area contributed by atoms with Crippen molar-refractivity contribution in [3.05, 3.63) is 131 Å². The molecule has 0 atom stereocenters. The van der Waals surface area contributed by atoms with Crippen molar-refractivity contribution in [1.82, 2.24) is 0 Å². The molecule has 5 aromatic rings. The molecule has 0 radical (unpaired) electrons. The lowest BCUT2D eigenvalue weighted by Gasteiger charge is -2.19. The fourth-order valence-electron chi connectivity index (χ4n) is 5.16. The van der Waals surface area contributed by atoms with E-state index in [1.165, 1.54) is 66.7 Å². The standard InChI is InChI=1S/C37H27F9O2/c1-2-3-4-5-22-6-17-30(32(39)18-22)36(42,43)47-28-14-11-23(12-15-28)26-13-16-29(31(38)19-26)25-9-7-24(8-10-25)27-20-33(40)35(34(41)21-27)48-37(44,45)46/h6-21H,2-5H2,1H3. The summed E-state index contributed by atoms with van der Waals surface area (Å²) in [6.45, 7) is 2.03. The molecular formula is C37H27F9O2. The summed E-state index contributed by atoms with van der Waals surface area (Å²) in [4.78, 5) is 0. The molecule has 2 nitrogen and oxygen atoms in total. The van der Waals surface area contributed by atoms with E-state index < -0.39 is 47.1 Å². The van der Waals surface area contributed by atoms with Crippen LogP contribution in [-0.4, -0.2) is 6.36 Å². The maximum atomic E-state index is 15.2. The minimum atomic E-state index is -5.28. The minimum absolute atomic E-state index is 0.0621. The lowest BCUT2D eigenvalue weighted by Crippen LogP contribution is -2.23. The predicted molar refractivity (Wildman–Crippen MR) is 163 cm³/mol. The Hall–Kier alpha value is -4.93. The molecule has 5 rings (SSSR count). The van der Waals surface area contributed by atoms with E-state index in [-0.39, 0.29) is 22.4 Å². The Morgan fingerprint density at radius 1 is 0.521 bits per heavy atom. The first kappa shape index (κ1) is 34.4. The van der Waals surface area contributed by atoms with Crippen LogP contribution in [0.25, 0.3) is 33.4 Å². The van der Waals surface area contributed by atoms with Gasteiger partial charge in [0.2, 0.25) is 5.75 Å². The Morgan fingerprint density at radius 2 is 1.08 bits per heavy atom. The van der Waals surface area contributed by atoms with Gasteiger partial charge in [-0.2, -0.15) is 8.78 Å². The average Bonchev–Trinajstić information content (AvgIpc) is 3.02. The van der Waals surface area contributed by atoms with Crippen LogP contribution in [-0.2, 0) is 12.5 Å². The third-order valence-electron chi connectivity index (χ3n) is 7.56. The van der Waals surface area contributed by atoms with Crippen molar-refractivity contribution in [2.24, 2.45) is 0 Å². The van der Waals surface area contributed by atoms with Gasteiger partial charge >= 0.3 is 12.5 Å². The van der Waals surface area contributed by atoms with E-state index >= 15 is 4.39 Å². The van der Waals surface area contributed by atoms with Gasteiger partial charge in [0.05, 0.1) is 5.56 Å². The molecule has 0 heterocycles. The van der Waals surface area contributed by atoms with E-state index in [0.29, 0.717) is 40.8 Å². The lowest BCUT2D eigenvalue weighted by molar-refractivity contribution is -0.276. The quantitative estimate of drug-likeness (QED) is 0.103. The van der Waals surface area contributed by atoms with Gasteiger partial charge in [-0.15, -0.1) is 13.2 Å². The highest BCUT2D eigenvalue weighted by Gasteiger charge is 2.38. The summed E-state index contributed by atoms with van der Waals surface area (Å²) in [7, 11) is 0. The SMILES string of the molecule is CCCCCc1ccc(C(F)(F)Oc2ccc(-c3ccc(-c4ccc(-c5cc(F)c(OC(F)(F)F)c(F)c5)cc4)c(F)c3)cc2)c(F)c1. The smallest absolute Gasteiger partial charge is 0.429 e. The van der Waals surface area contributed by atoms with Crippen molar-refractivity contribution in [3.8, 4) is 44.9 Å². The van der Waals surface area contributed by atoms with Crippen molar-refractivity contribution in [1.29, 1.82) is 0 Å². The molecule has 0 fully saturated rings. The third-order valence-corrected chi connectivity index (χ3v) is 7.56. The summed E-state index contributed by atoms with van der Waals surface area (Å²) in [6, 6.07) is 20.5. The Balaban J connectivity index is 1.27. The number of rotatable bonds is 11. The molecule has 0 aliphatic heterocycles. The highest BCUT2D eigenvalue weighted by molar-refractivity contribution is 5.74. The van der Waals surface area contributed by atoms with Crippen molar-refractivity contribution < 1.29 is 49.0 Å². The zero-order valence-electron chi connectivity index (χ0n) is 25.3. The maximum Gasteiger partial charge on any atom is 0.573 e. The van der Waals surface area contributed by atoms with E-state index in [9.17, 15) is 35.1 Å². The number of hydrogen-bond donors (Lipinski definition) is 0. The first-order valence-corrected chi connectivity index (χ1v) is 14.9. The van der Waals surface area contributed by atoms with Crippen LogP contribution in [0.2, 0.25) is 0 Å². The Kier molecular flexibility index (Phi) is 10.1. The summed E-state index contributed by atoms with van der Waals surface area (Å²) >= 11 is 0. The van der Waals surface area contributed by atoms with Gasteiger partial charge in [-0.05, 0) is 88.7 Å². The van der Waals surface area contributed by atoms with Crippen molar-refractivity contribution >= 4 is 0 Å². The van der Waals surface area contributed by atoms with Crippen LogP contribution < -0.4 is 9.47 Å². The summed E-state index contributed by atoms with van der Waals surface area (Å²) in [6.07, 6.45) is -5.87. The highest BCUT2D eigenvalue weighted by atomic mass is 19.4. The van der Waals surface area contributed by atoms with Crippen molar-refractivity contribution in [3.63, 3.8) is 0 Å². The topological polar surface area (TPSA) is 18.5 Å². The van der Waals surface area contributed by atoms with E-state index in [1.807, 2.05) is 6.92 Å². The van der Waals surface area contributed by atoms with Gasteiger partial charge in [-0.3, -0.25) is 0 Å². The van der Waals surface area contributed by atoms with E-state index in [4.69, 9.17) is 4.74 Å². The van der Waals surface area contributed by atoms with Gasteiger partial charge in [0.1, 0.15) is 17.4 Å². The fraction of sp³-hybridized carbons (Fsp3) is 0.189. The third kappa shape index (κ3) is 8.13. The number of unbranched alkanes of at least 4 members (excludes halogenated alkanes) is 2. The number of halogens is 9. The molecule has 0 amide bonds. The summed E-state index contributed by atoms with van der Waals surface area (Å²) in [5, 5.41) is 0. The molecule has 11 heteroatoms. The van der Waals surface area contributed by atoms with Gasteiger partial charge < -0.3 is 9.47 Å². The predicted octanol–water partition coefficient (Wildman–Crippen LogP) is 12.0. The average molecular weight is 675 g/mol. The monoisotopic (exact) mass is 674 g/mol. The molecular weight excluding hydrogens is 647 g/mol. The number of aryl methyl sites for hydroxylation is 1. The molecule has 0 aromatic heterocycles. The Morgan fingerprint density at radius 3 is 1.67 bits per heavy atom. The second kappa shape index (κ2) is 14.0. The highest BCUT2D eigenvalue weighted by Crippen LogP contribution is 2.37. The molecule has 250 valence electrons. The zero-order chi connectivity index (χ0) is 34.6. The molecule has 0 saturated carbocycles. The number of ether oxygens (including phenoxy) is 2. The van der Waals surface area contributed by atoms with Gasteiger partial charge in [0.25, 0.3) is 0 Å². The fourth-order valence-corrected chi connectivity index (χ4v) is 5.16. The van der Waals surface area contributed by atoms with Gasteiger partial charge in [-0.1, -0.05) is 74.4 Å². The summed E-state index contributed by atoms with van der Waals surface area (Å²) < 4.78 is 133.